The van der Waals surface area contributed by atoms with Crippen LogP contribution in [0.4, 0.5) is 0 Å². The largest absolute Gasteiger partial charge is 0.480 e. The van der Waals surface area contributed by atoms with E-state index in [9.17, 15) is 14.7 Å². The number of rotatable bonds is 5. The Balaban J connectivity index is 1.98. The summed E-state index contributed by atoms with van der Waals surface area (Å²) in [7, 11) is 0. The molecule has 6 heteroatoms. The van der Waals surface area contributed by atoms with E-state index < -0.39 is 12.0 Å². The number of thiocarbonyl (C=S) groups is 1. The lowest BCUT2D eigenvalue weighted by Gasteiger charge is -2.22. The van der Waals surface area contributed by atoms with E-state index >= 15 is 0 Å². The van der Waals surface area contributed by atoms with Gasteiger partial charge in [-0.15, -0.1) is 0 Å². The molecule has 1 saturated heterocycles. The van der Waals surface area contributed by atoms with Gasteiger partial charge in [-0.25, -0.2) is 4.79 Å². The van der Waals surface area contributed by atoms with E-state index in [0.29, 0.717) is 22.1 Å². The number of benzene rings is 2. The van der Waals surface area contributed by atoms with E-state index in [-0.39, 0.29) is 5.91 Å². The van der Waals surface area contributed by atoms with Crippen LogP contribution >= 0.6 is 24.0 Å². The molecule has 0 aromatic heterocycles. The molecule has 128 valence electrons. The summed E-state index contributed by atoms with van der Waals surface area (Å²) in [4.78, 5) is 26.0. The maximum absolute atomic E-state index is 12.8. The second-order valence-corrected chi connectivity index (χ2v) is 7.44. The number of carbonyl (C=O) groups is 2. The van der Waals surface area contributed by atoms with Gasteiger partial charge >= 0.3 is 5.97 Å². The highest BCUT2D eigenvalue weighted by atomic mass is 32.2. The van der Waals surface area contributed by atoms with Crippen molar-refractivity contribution in [3.8, 4) is 0 Å². The maximum atomic E-state index is 12.8. The van der Waals surface area contributed by atoms with Crippen molar-refractivity contribution in [1.29, 1.82) is 0 Å². The Morgan fingerprint density at radius 3 is 2.72 bits per heavy atom. The minimum atomic E-state index is -1.02. The van der Waals surface area contributed by atoms with E-state index in [1.54, 1.807) is 6.08 Å². The van der Waals surface area contributed by atoms with Crippen LogP contribution in [0.2, 0.25) is 0 Å². The van der Waals surface area contributed by atoms with Gasteiger partial charge in [0.15, 0.2) is 0 Å². The fourth-order valence-corrected chi connectivity index (χ4v) is 4.25. The van der Waals surface area contributed by atoms with Gasteiger partial charge in [0, 0.05) is 0 Å². The molecule has 0 saturated carbocycles. The number of hydrogen-bond acceptors (Lipinski definition) is 4. The number of carboxylic acid groups (broad SMARTS) is 1. The van der Waals surface area contributed by atoms with Gasteiger partial charge < -0.3 is 5.11 Å². The zero-order valence-electron chi connectivity index (χ0n) is 13.6. The normalized spacial score (nSPS) is 17.5. The molecule has 1 aliphatic rings. The molecule has 0 spiro atoms. The van der Waals surface area contributed by atoms with Crippen LogP contribution in [-0.2, 0) is 9.59 Å². The number of aliphatic carboxylic acids is 1. The van der Waals surface area contributed by atoms with E-state index in [0.717, 1.165) is 28.1 Å². The Hall–Kier alpha value is -2.18. The molecule has 0 radical (unpaired) electrons. The molecular formula is C19H17NO3S2. The zero-order valence-corrected chi connectivity index (χ0v) is 15.3. The first-order valence-electron chi connectivity index (χ1n) is 8.00. The maximum Gasteiger partial charge on any atom is 0.326 e. The van der Waals surface area contributed by atoms with Crippen molar-refractivity contribution < 1.29 is 14.7 Å². The van der Waals surface area contributed by atoms with E-state index in [1.807, 2.05) is 49.4 Å². The van der Waals surface area contributed by atoms with Crippen molar-refractivity contribution in [3.63, 3.8) is 0 Å². The molecule has 25 heavy (non-hydrogen) atoms. The Kier molecular flexibility index (Phi) is 5.20. The minimum absolute atomic E-state index is 0.303. The summed E-state index contributed by atoms with van der Waals surface area (Å²) < 4.78 is 0.303. The van der Waals surface area contributed by atoms with Gasteiger partial charge in [0.2, 0.25) is 0 Å². The van der Waals surface area contributed by atoms with Crippen LogP contribution in [0.1, 0.15) is 25.3 Å². The van der Waals surface area contributed by atoms with Gasteiger partial charge in [-0.3, -0.25) is 9.69 Å². The van der Waals surface area contributed by atoms with Crippen LogP contribution in [0, 0.1) is 0 Å². The van der Waals surface area contributed by atoms with Gasteiger partial charge in [0.1, 0.15) is 10.4 Å². The predicted molar refractivity (Wildman–Crippen MR) is 105 cm³/mol. The van der Waals surface area contributed by atoms with Gasteiger partial charge in [0.05, 0.1) is 4.91 Å². The molecule has 1 atom stereocenters. The first-order valence-corrected chi connectivity index (χ1v) is 9.23. The highest BCUT2D eigenvalue weighted by Gasteiger charge is 2.39. The summed E-state index contributed by atoms with van der Waals surface area (Å²) in [5, 5.41) is 11.6. The molecule has 3 rings (SSSR count). The molecule has 1 N–H and O–H groups in total. The number of hydrogen-bond donors (Lipinski definition) is 1. The summed E-state index contributed by atoms with van der Waals surface area (Å²) in [5.74, 6) is -1.35. The summed E-state index contributed by atoms with van der Waals surface area (Å²) in [5.41, 5.74) is 0.918. The highest BCUT2D eigenvalue weighted by molar-refractivity contribution is 8.26. The third-order valence-corrected chi connectivity index (χ3v) is 5.42. The first-order chi connectivity index (χ1) is 12.0. The Morgan fingerprint density at radius 2 is 2.00 bits per heavy atom. The third-order valence-electron chi connectivity index (χ3n) is 4.09. The lowest BCUT2D eigenvalue weighted by Crippen LogP contribution is -2.43. The van der Waals surface area contributed by atoms with Crippen LogP contribution in [0.25, 0.3) is 16.8 Å². The van der Waals surface area contributed by atoms with Crippen LogP contribution in [0.15, 0.2) is 47.4 Å². The summed E-state index contributed by atoms with van der Waals surface area (Å²) in [6.07, 6.45) is 2.84. The Morgan fingerprint density at radius 1 is 1.28 bits per heavy atom. The van der Waals surface area contributed by atoms with Crippen molar-refractivity contribution in [2.45, 2.75) is 25.8 Å². The molecule has 2 aromatic carbocycles. The minimum Gasteiger partial charge on any atom is -0.480 e. The van der Waals surface area contributed by atoms with Crippen molar-refractivity contribution in [3.05, 3.63) is 52.9 Å². The van der Waals surface area contributed by atoms with E-state index in [1.165, 1.54) is 4.90 Å². The van der Waals surface area contributed by atoms with Crippen molar-refractivity contribution >= 4 is 57.0 Å². The number of carbonyl (C=O) groups excluding carboxylic acids is 1. The quantitative estimate of drug-likeness (QED) is 0.627. The fraction of sp³-hybridized carbons (Fsp3) is 0.211. The average Bonchev–Trinajstić information content (AvgIpc) is 2.87. The van der Waals surface area contributed by atoms with E-state index in [2.05, 4.69) is 0 Å². The monoisotopic (exact) mass is 371 g/mol. The molecule has 1 aliphatic heterocycles. The molecule has 2 aromatic rings. The molecule has 1 heterocycles. The molecule has 1 amide bonds. The SMILES string of the molecule is CCCC(C(=O)O)N1C(=O)/C(=C/c2cccc3ccccc23)SC1=S. The average molecular weight is 371 g/mol. The number of thioether (sulfide) groups is 1. The second-order valence-electron chi connectivity index (χ2n) is 5.76. The van der Waals surface area contributed by atoms with Gasteiger partial charge in [0.25, 0.3) is 5.91 Å². The van der Waals surface area contributed by atoms with Crippen LogP contribution in [-0.4, -0.2) is 32.2 Å². The zero-order chi connectivity index (χ0) is 18.0. The summed E-state index contributed by atoms with van der Waals surface area (Å²) in [6, 6.07) is 12.9. The molecule has 0 bridgehead atoms. The number of amides is 1. The number of carboxylic acids is 1. The first kappa shape index (κ1) is 17.6. The lowest BCUT2D eigenvalue weighted by atomic mass is 10.0. The molecule has 1 unspecified atom stereocenters. The molecule has 0 aliphatic carbocycles. The van der Waals surface area contributed by atoms with Crippen molar-refractivity contribution in [2.24, 2.45) is 0 Å². The molecule has 4 nitrogen and oxygen atoms in total. The predicted octanol–water partition coefficient (Wildman–Crippen LogP) is 4.29. The van der Waals surface area contributed by atoms with Crippen LogP contribution in [0.5, 0.6) is 0 Å². The standard InChI is InChI=1S/C19H17NO3S2/c1-2-6-15(18(22)23)20-17(21)16(25-19(20)24)11-13-9-5-8-12-7-3-4-10-14(12)13/h3-5,7-11,15H,2,6H2,1H3,(H,22,23)/b16-11-. The van der Waals surface area contributed by atoms with Crippen molar-refractivity contribution in [2.75, 3.05) is 0 Å². The van der Waals surface area contributed by atoms with Crippen LogP contribution < -0.4 is 0 Å². The smallest absolute Gasteiger partial charge is 0.326 e. The van der Waals surface area contributed by atoms with Gasteiger partial charge in [-0.2, -0.15) is 0 Å². The topological polar surface area (TPSA) is 57.6 Å². The second kappa shape index (κ2) is 7.37. The highest BCUT2D eigenvalue weighted by Crippen LogP contribution is 2.35. The Labute approximate surface area is 155 Å². The lowest BCUT2D eigenvalue weighted by molar-refractivity contribution is -0.145. The fourth-order valence-electron chi connectivity index (χ4n) is 2.90. The molecule has 1 fully saturated rings. The number of nitrogens with zero attached hydrogens (tertiary/aromatic N) is 1. The van der Waals surface area contributed by atoms with Gasteiger partial charge in [-0.05, 0) is 28.8 Å². The van der Waals surface area contributed by atoms with Crippen LogP contribution in [0.3, 0.4) is 0 Å². The summed E-state index contributed by atoms with van der Waals surface area (Å²) >= 11 is 6.44. The third kappa shape index (κ3) is 3.45. The Bertz CT molecular complexity index is 886. The molecular weight excluding hydrogens is 354 g/mol. The van der Waals surface area contributed by atoms with Gasteiger partial charge in [-0.1, -0.05) is 79.8 Å². The number of fused-ring (bicyclic) bond motifs is 1. The van der Waals surface area contributed by atoms with Crippen molar-refractivity contribution in [1.82, 2.24) is 4.90 Å². The van der Waals surface area contributed by atoms with E-state index in [4.69, 9.17) is 12.2 Å². The summed E-state index contributed by atoms with van der Waals surface area (Å²) in [6.45, 7) is 1.89.